The van der Waals surface area contributed by atoms with Gasteiger partial charge in [-0.2, -0.15) is 0 Å². The summed E-state index contributed by atoms with van der Waals surface area (Å²) in [5, 5.41) is 10.1. The molecule has 0 radical (unpaired) electrons. The first kappa shape index (κ1) is 10.7. The molecule has 0 saturated heterocycles. The zero-order valence-corrected chi connectivity index (χ0v) is 9.22. The van der Waals surface area contributed by atoms with E-state index in [2.05, 4.69) is 4.99 Å². The number of halogens is 1. The van der Waals surface area contributed by atoms with Gasteiger partial charge in [0.15, 0.2) is 0 Å². The molecule has 2 aromatic carbocycles. The predicted molar refractivity (Wildman–Crippen MR) is 66.8 cm³/mol. The van der Waals surface area contributed by atoms with Gasteiger partial charge in [-0.25, -0.2) is 0 Å². The number of hydrogen-bond donors (Lipinski definition) is 1. The zero-order valence-electron chi connectivity index (χ0n) is 8.47. The van der Waals surface area contributed by atoms with Crippen molar-refractivity contribution in [1.82, 2.24) is 0 Å². The molecule has 0 atom stereocenters. The van der Waals surface area contributed by atoms with E-state index in [1.165, 1.54) is 6.07 Å². The first-order valence-corrected chi connectivity index (χ1v) is 5.21. The maximum Gasteiger partial charge on any atom is 0.125 e. The minimum absolute atomic E-state index is 0.132. The number of aromatic hydroxyl groups is 1. The summed E-state index contributed by atoms with van der Waals surface area (Å²) in [6, 6.07) is 14.5. The third kappa shape index (κ3) is 2.61. The lowest BCUT2D eigenvalue weighted by Crippen LogP contribution is -1.81. The fourth-order valence-electron chi connectivity index (χ4n) is 1.28. The van der Waals surface area contributed by atoms with E-state index in [1.54, 1.807) is 18.3 Å². The lowest BCUT2D eigenvalue weighted by molar-refractivity contribution is 0.474. The molecule has 0 fully saturated rings. The van der Waals surface area contributed by atoms with Gasteiger partial charge in [0, 0.05) is 16.8 Å². The second-order valence-electron chi connectivity index (χ2n) is 3.30. The molecule has 0 amide bonds. The average Bonchev–Trinajstić information content (AvgIpc) is 2.29. The van der Waals surface area contributed by atoms with E-state index >= 15 is 0 Å². The van der Waals surface area contributed by atoms with Crippen LogP contribution in [0.4, 0.5) is 5.69 Å². The normalized spacial score (nSPS) is 10.8. The van der Waals surface area contributed by atoms with Crippen LogP contribution in [-0.4, -0.2) is 11.3 Å². The molecule has 80 valence electrons. The molecule has 0 spiro atoms. The van der Waals surface area contributed by atoms with Crippen molar-refractivity contribution in [1.29, 1.82) is 0 Å². The van der Waals surface area contributed by atoms with Crippen molar-refractivity contribution in [3.05, 3.63) is 59.1 Å². The fourth-order valence-corrected chi connectivity index (χ4v) is 1.45. The van der Waals surface area contributed by atoms with E-state index in [4.69, 9.17) is 11.6 Å². The Morgan fingerprint density at radius 1 is 1.06 bits per heavy atom. The summed E-state index contributed by atoms with van der Waals surface area (Å²) in [5.41, 5.74) is 1.49. The molecule has 1 N–H and O–H groups in total. The molecule has 3 heteroatoms. The van der Waals surface area contributed by atoms with Gasteiger partial charge in [-0.15, -0.1) is 0 Å². The van der Waals surface area contributed by atoms with Crippen molar-refractivity contribution in [3.63, 3.8) is 0 Å². The Bertz CT molecular complexity index is 509. The highest BCUT2D eigenvalue weighted by Gasteiger charge is 1.98. The average molecular weight is 232 g/mol. The standard InChI is InChI=1S/C13H10ClNO/c14-11-7-6-10(13(16)8-11)9-15-12-4-2-1-3-5-12/h1-9,16H. The number of aliphatic imine (C=N–C) groups is 1. The van der Waals surface area contributed by atoms with Crippen LogP contribution in [-0.2, 0) is 0 Å². The highest BCUT2D eigenvalue weighted by Crippen LogP contribution is 2.21. The van der Waals surface area contributed by atoms with Crippen LogP contribution in [0.25, 0.3) is 0 Å². The van der Waals surface area contributed by atoms with Crippen molar-refractivity contribution in [2.75, 3.05) is 0 Å². The third-order valence-corrected chi connectivity index (χ3v) is 2.34. The van der Waals surface area contributed by atoms with Gasteiger partial charge in [0.25, 0.3) is 0 Å². The van der Waals surface area contributed by atoms with Crippen molar-refractivity contribution < 1.29 is 5.11 Å². The van der Waals surface area contributed by atoms with Crippen LogP contribution in [0.1, 0.15) is 5.56 Å². The lowest BCUT2D eigenvalue weighted by atomic mass is 10.2. The quantitative estimate of drug-likeness (QED) is 0.784. The van der Waals surface area contributed by atoms with Crippen LogP contribution in [0.5, 0.6) is 5.75 Å². The maximum atomic E-state index is 9.59. The Hall–Kier alpha value is -1.80. The molecule has 2 nitrogen and oxygen atoms in total. The number of phenolic OH excluding ortho intramolecular Hbond substituents is 1. The Labute approximate surface area is 98.8 Å². The van der Waals surface area contributed by atoms with Crippen molar-refractivity contribution >= 4 is 23.5 Å². The SMILES string of the molecule is Oc1cc(Cl)ccc1C=Nc1ccccc1. The van der Waals surface area contributed by atoms with E-state index in [9.17, 15) is 5.11 Å². The van der Waals surface area contributed by atoms with Crippen LogP contribution in [0.3, 0.4) is 0 Å². The van der Waals surface area contributed by atoms with Crippen LogP contribution >= 0.6 is 11.6 Å². The van der Waals surface area contributed by atoms with Gasteiger partial charge in [-0.05, 0) is 30.3 Å². The number of para-hydroxylation sites is 1. The Balaban J connectivity index is 2.24. The summed E-state index contributed by atoms with van der Waals surface area (Å²) >= 11 is 5.73. The first-order chi connectivity index (χ1) is 7.75. The highest BCUT2D eigenvalue weighted by atomic mass is 35.5. The largest absolute Gasteiger partial charge is 0.507 e. The molecule has 0 aliphatic carbocycles. The number of rotatable bonds is 2. The smallest absolute Gasteiger partial charge is 0.125 e. The van der Waals surface area contributed by atoms with Crippen molar-refractivity contribution in [2.45, 2.75) is 0 Å². The van der Waals surface area contributed by atoms with Gasteiger partial charge < -0.3 is 5.11 Å². The zero-order chi connectivity index (χ0) is 11.4. The van der Waals surface area contributed by atoms with Gasteiger partial charge >= 0.3 is 0 Å². The van der Waals surface area contributed by atoms with E-state index in [1.807, 2.05) is 30.3 Å². The van der Waals surface area contributed by atoms with Gasteiger partial charge in [0.05, 0.1) is 5.69 Å². The number of nitrogens with zero attached hydrogens (tertiary/aromatic N) is 1. The third-order valence-electron chi connectivity index (χ3n) is 2.10. The summed E-state index contributed by atoms with van der Waals surface area (Å²) in [6.45, 7) is 0. The Kier molecular flexibility index (Phi) is 3.22. The van der Waals surface area contributed by atoms with E-state index < -0.39 is 0 Å². The molecule has 0 bridgehead atoms. The minimum atomic E-state index is 0.132. The van der Waals surface area contributed by atoms with Crippen LogP contribution in [0.15, 0.2) is 53.5 Å². The molecule has 0 aromatic heterocycles. The molecule has 0 aliphatic heterocycles. The summed E-state index contributed by atoms with van der Waals surface area (Å²) in [4.78, 5) is 4.24. The minimum Gasteiger partial charge on any atom is -0.507 e. The Morgan fingerprint density at radius 2 is 1.81 bits per heavy atom. The number of phenols is 1. The second-order valence-corrected chi connectivity index (χ2v) is 3.73. The van der Waals surface area contributed by atoms with Gasteiger partial charge in [0.1, 0.15) is 5.75 Å². The maximum absolute atomic E-state index is 9.59. The monoisotopic (exact) mass is 231 g/mol. The molecule has 0 aliphatic rings. The lowest BCUT2D eigenvalue weighted by Gasteiger charge is -1.98. The van der Waals surface area contributed by atoms with E-state index in [0.717, 1.165) is 5.69 Å². The number of hydrogen-bond acceptors (Lipinski definition) is 2. The molecular formula is C13H10ClNO. The van der Waals surface area contributed by atoms with Gasteiger partial charge in [-0.1, -0.05) is 29.8 Å². The highest BCUT2D eigenvalue weighted by molar-refractivity contribution is 6.30. The summed E-state index contributed by atoms with van der Waals surface area (Å²) in [5.74, 6) is 0.132. The van der Waals surface area contributed by atoms with Crippen LogP contribution in [0.2, 0.25) is 5.02 Å². The molecule has 0 saturated carbocycles. The molecular weight excluding hydrogens is 222 g/mol. The van der Waals surface area contributed by atoms with Crippen LogP contribution < -0.4 is 0 Å². The molecule has 0 unspecified atom stereocenters. The molecule has 0 heterocycles. The van der Waals surface area contributed by atoms with Gasteiger partial charge in [0.2, 0.25) is 0 Å². The summed E-state index contributed by atoms with van der Waals surface area (Å²) in [6.07, 6.45) is 1.61. The molecule has 2 rings (SSSR count). The molecule has 2 aromatic rings. The second kappa shape index (κ2) is 4.81. The number of benzene rings is 2. The van der Waals surface area contributed by atoms with Crippen molar-refractivity contribution in [2.24, 2.45) is 4.99 Å². The van der Waals surface area contributed by atoms with Crippen LogP contribution in [0, 0.1) is 0 Å². The topological polar surface area (TPSA) is 32.6 Å². The predicted octanol–water partition coefficient (Wildman–Crippen LogP) is 3.80. The summed E-state index contributed by atoms with van der Waals surface area (Å²) < 4.78 is 0. The van der Waals surface area contributed by atoms with E-state index in [0.29, 0.717) is 10.6 Å². The summed E-state index contributed by atoms with van der Waals surface area (Å²) in [7, 11) is 0. The van der Waals surface area contributed by atoms with Crippen molar-refractivity contribution in [3.8, 4) is 5.75 Å². The molecule has 16 heavy (non-hydrogen) atoms. The first-order valence-electron chi connectivity index (χ1n) is 4.83. The van der Waals surface area contributed by atoms with Gasteiger partial charge in [-0.3, -0.25) is 4.99 Å². The fraction of sp³-hybridized carbons (Fsp3) is 0. The van der Waals surface area contributed by atoms with E-state index in [-0.39, 0.29) is 5.75 Å². The Morgan fingerprint density at radius 3 is 2.50 bits per heavy atom.